The second-order valence-electron chi connectivity index (χ2n) is 7.78. The lowest BCUT2D eigenvalue weighted by molar-refractivity contribution is -0.139. The first-order chi connectivity index (χ1) is 12.6. The Balaban J connectivity index is 1.74. The van der Waals surface area contributed by atoms with E-state index in [2.05, 4.69) is 15.9 Å². The van der Waals surface area contributed by atoms with Crippen LogP contribution < -0.4 is 9.80 Å². The fourth-order valence-corrected chi connectivity index (χ4v) is 4.78. The lowest BCUT2D eigenvalue weighted by atomic mass is 9.87. The lowest BCUT2D eigenvalue weighted by Crippen LogP contribution is -2.44. The summed E-state index contributed by atoms with van der Waals surface area (Å²) in [6.07, 6.45) is 8.96. The molecule has 0 spiro atoms. The first-order valence-electron chi connectivity index (χ1n) is 9.39. The topological polar surface area (TPSA) is 60.9 Å². The number of carbonyl (C=O) groups is 2. The number of rotatable bonds is 2. The van der Waals surface area contributed by atoms with Crippen LogP contribution in [0.1, 0.15) is 48.0 Å². The molecule has 0 aromatic heterocycles. The van der Waals surface area contributed by atoms with Crippen LogP contribution in [0.2, 0.25) is 0 Å². The number of halogens is 1. The molecule has 2 atom stereocenters. The van der Waals surface area contributed by atoms with Crippen LogP contribution in [0.3, 0.4) is 0 Å². The average molecular weight is 356 g/mol. The quantitative estimate of drug-likeness (QED) is 0.825. The summed E-state index contributed by atoms with van der Waals surface area (Å²) in [6, 6.07) is 1.85. The Morgan fingerprint density at radius 2 is 1.96 bits per heavy atom. The highest BCUT2D eigenvalue weighted by Gasteiger charge is 2.44. The Kier molecular flexibility index (Phi) is 3.39. The van der Waals surface area contributed by atoms with E-state index in [0.717, 1.165) is 49.9 Å². The van der Waals surface area contributed by atoms with E-state index in [-0.39, 0.29) is 18.2 Å². The molecule has 0 radical (unpaired) electrons. The second-order valence-corrected chi connectivity index (χ2v) is 7.78. The van der Waals surface area contributed by atoms with E-state index < -0.39 is 23.5 Å². The minimum atomic E-state index is -1.13. The molecule has 4 aliphatic rings. The van der Waals surface area contributed by atoms with Gasteiger partial charge in [-0.25, -0.2) is 4.39 Å². The van der Waals surface area contributed by atoms with Gasteiger partial charge < -0.3 is 14.9 Å². The molecule has 0 bridgehead atoms. The highest BCUT2D eigenvalue weighted by atomic mass is 19.1. The van der Waals surface area contributed by atoms with Gasteiger partial charge in [0.05, 0.1) is 11.4 Å². The predicted octanol–water partition coefficient (Wildman–Crippen LogP) is 3.08. The van der Waals surface area contributed by atoms with Gasteiger partial charge in [-0.2, -0.15) is 0 Å². The van der Waals surface area contributed by atoms with Crippen LogP contribution in [0.5, 0.6) is 0 Å². The molecule has 5 nitrogen and oxygen atoms in total. The van der Waals surface area contributed by atoms with E-state index in [1.165, 1.54) is 6.07 Å². The Hall–Kier alpha value is -2.37. The summed E-state index contributed by atoms with van der Waals surface area (Å²) >= 11 is 0. The molecule has 3 heterocycles. The van der Waals surface area contributed by atoms with Crippen LogP contribution >= 0.6 is 0 Å². The van der Waals surface area contributed by atoms with Crippen molar-refractivity contribution in [1.82, 2.24) is 0 Å². The summed E-state index contributed by atoms with van der Waals surface area (Å²) in [5.74, 6) is -3.12. The molecule has 1 aromatic rings. The molecule has 5 rings (SSSR count). The van der Waals surface area contributed by atoms with Crippen LogP contribution in [-0.2, 0) is 4.79 Å². The van der Waals surface area contributed by atoms with Gasteiger partial charge in [-0.15, -0.1) is 0 Å². The third-order valence-electron chi connectivity index (χ3n) is 6.15. The summed E-state index contributed by atoms with van der Waals surface area (Å²) in [6.45, 7) is 1.01. The maximum absolute atomic E-state index is 15.1. The van der Waals surface area contributed by atoms with Gasteiger partial charge in [0, 0.05) is 36.3 Å². The van der Waals surface area contributed by atoms with E-state index in [9.17, 15) is 14.7 Å². The lowest BCUT2D eigenvalue weighted by Gasteiger charge is -2.37. The minimum absolute atomic E-state index is 0.182. The smallest absolute Gasteiger partial charge is 0.316 e. The minimum Gasteiger partial charge on any atom is -0.481 e. The van der Waals surface area contributed by atoms with E-state index >= 15 is 4.39 Å². The average Bonchev–Trinajstić information content (AvgIpc) is 3.38. The largest absolute Gasteiger partial charge is 0.481 e. The Morgan fingerprint density at radius 1 is 1.15 bits per heavy atom. The Morgan fingerprint density at radius 3 is 2.69 bits per heavy atom. The molecule has 136 valence electrons. The zero-order valence-electron chi connectivity index (χ0n) is 14.4. The standard InChI is InChI=1S/C20H21FN2O3/c21-16-9-14-17(13-5-1-3-11-4-2-8-22(11)18(13)16)23(12-6-7-12)10-15(19(14)24)20(25)26/h1,5,9,11-12,15H,2-4,6-8,10H2,(H,25,26). The van der Waals surface area contributed by atoms with Crippen molar-refractivity contribution >= 4 is 29.2 Å². The molecule has 1 N–H and O–H groups in total. The predicted molar refractivity (Wildman–Crippen MR) is 96.2 cm³/mol. The third kappa shape index (κ3) is 2.20. The Labute approximate surface area is 151 Å². The SMILES string of the molecule is O=C(O)C1CN(C2CC2)c2c(cc(F)c3c2C=CCC2CCCN32)C1=O. The number of nitrogens with zero attached hydrogens (tertiary/aromatic N) is 2. The highest BCUT2D eigenvalue weighted by molar-refractivity contribution is 6.15. The van der Waals surface area contributed by atoms with Crippen molar-refractivity contribution in [2.24, 2.45) is 5.92 Å². The molecule has 2 unspecified atom stereocenters. The summed E-state index contributed by atoms with van der Waals surface area (Å²) in [5.41, 5.74) is 2.32. The molecular formula is C20H21FN2O3. The number of benzene rings is 1. The van der Waals surface area contributed by atoms with Gasteiger partial charge in [0.25, 0.3) is 0 Å². The van der Waals surface area contributed by atoms with Crippen molar-refractivity contribution in [3.63, 3.8) is 0 Å². The summed E-state index contributed by atoms with van der Waals surface area (Å²) in [7, 11) is 0. The van der Waals surface area contributed by atoms with Gasteiger partial charge in [-0.3, -0.25) is 9.59 Å². The Bertz CT molecular complexity index is 846. The van der Waals surface area contributed by atoms with Gasteiger partial charge in [0.2, 0.25) is 0 Å². The maximum atomic E-state index is 15.1. The first-order valence-corrected chi connectivity index (χ1v) is 9.39. The van der Waals surface area contributed by atoms with Gasteiger partial charge in [0.1, 0.15) is 11.7 Å². The van der Waals surface area contributed by atoms with Gasteiger partial charge >= 0.3 is 5.97 Å². The number of hydrogen-bond donors (Lipinski definition) is 1. The number of carboxylic acids is 1. The molecule has 2 fully saturated rings. The molecule has 1 saturated carbocycles. The maximum Gasteiger partial charge on any atom is 0.316 e. The molecule has 26 heavy (non-hydrogen) atoms. The number of aliphatic carboxylic acids is 1. The third-order valence-corrected chi connectivity index (χ3v) is 6.15. The fraction of sp³-hybridized carbons (Fsp3) is 0.500. The van der Waals surface area contributed by atoms with Crippen LogP contribution in [0.25, 0.3) is 6.08 Å². The second kappa shape index (κ2) is 5.56. The van der Waals surface area contributed by atoms with Crippen molar-refractivity contribution in [2.75, 3.05) is 22.9 Å². The van der Waals surface area contributed by atoms with Crippen molar-refractivity contribution in [3.8, 4) is 0 Å². The number of hydrogen-bond acceptors (Lipinski definition) is 4. The zero-order chi connectivity index (χ0) is 18.0. The molecule has 0 amide bonds. The van der Waals surface area contributed by atoms with Crippen LogP contribution in [-0.4, -0.2) is 42.0 Å². The monoisotopic (exact) mass is 356 g/mol. The van der Waals surface area contributed by atoms with Crippen LogP contribution in [0, 0.1) is 11.7 Å². The number of fused-ring (bicyclic) bond motifs is 5. The first kappa shape index (κ1) is 15.9. The molecule has 1 saturated heterocycles. The van der Waals surface area contributed by atoms with E-state index in [1.54, 1.807) is 0 Å². The van der Waals surface area contributed by atoms with Crippen molar-refractivity contribution < 1.29 is 19.1 Å². The summed E-state index contributed by atoms with van der Waals surface area (Å²) in [4.78, 5) is 28.6. The van der Waals surface area contributed by atoms with Crippen LogP contribution in [0.4, 0.5) is 15.8 Å². The highest BCUT2D eigenvalue weighted by Crippen LogP contribution is 2.47. The fourth-order valence-electron chi connectivity index (χ4n) is 4.78. The van der Waals surface area contributed by atoms with Gasteiger partial charge in [-0.05, 0) is 38.2 Å². The van der Waals surface area contributed by atoms with Crippen molar-refractivity contribution in [1.29, 1.82) is 0 Å². The van der Waals surface area contributed by atoms with E-state index in [4.69, 9.17) is 0 Å². The van der Waals surface area contributed by atoms with E-state index in [1.807, 2.05) is 6.08 Å². The molecular weight excluding hydrogens is 335 g/mol. The van der Waals surface area contributed by atoms with Crippen LogP contribution in [0.15, 0.2) is 12.1 Å². The number of ketones is 1. The van der Waals surface area contributed by atoms with Crippen molar-refractivity contribution in [2.45, 2.75) is 44.2 Å². The van der Waals surface area contributed by atoms with Gasteiger partial charge in [0.15, 0.2) is 5.78 Å². The number of anilines is 2. The molecule has 3 aliphatic heterocycles. The zero-order valence-corrected chi connectivity index (χ0v) is 14.4. The molecule has 1 aliphatic carbocycles. The van der Waals surface area contributed by atoms with Crippen molar-refractivity contribution in [3.05, 3.63) is 29.1 Å². The summed E-state index contributed by atoms with van der Waals surface area (Å²) in [5, 5.41) is 9.47. The van der Waals surface area contributed by atoms with E-state index in [0.29, 0.717) is 11.7 Å². The van der Waals surface area contributed by atoms with Gasteiger partial charge in [-0.1, -0.05) is 12.2 Å². The normalized spacial score (nSPS) is 27.0. The summed E-state index contributed by atoms with van der Waals surface area (Å²) < 4.78 is 15.1. The number of carbonyl (C=O) groups excluding carboxylic acids is 1. The molecule has 1 aromatic carbocycles. The number of carboxylic acid groups (broad SMARTS) is 1. The molecule has 6 heteroatoms. The number of Topliss-reactive ketones (excluding diaryl/α,β-unsaturated/α-hetero) is 1.